The first-order valence-electron chi connectivity index (χ1n) is 9.63. The molecule has 0 atom stereocenters. The zero-order valence-corrected chi connectivity index (χ0v) is 16.1. The van der Waals surface area contributed by atoms with Crippen LogP contribution < -0.4 is 15.2 Å². The van der Waals surface area contributed by atoms with Gasteiger partial charge in [-0.1, -0.05) is 12.1 Å². The molecule has 2 heterocycles. The minimum Gasteiger partial charge on any atom is -0.492 e. The highest BCUT2D eigenvalue weighted by Gasteiger charge is 2.19. The molecule has 0 spiro atoms. The minimum atomic E-state index is -0.173. The Morgan fingerprint density at radius 2 is 2.04 bits per heavy atom. The van der Waals surface area contributed by atoms with Gasteiger partial charge in [-0.05, 0) is 50.1 Å². The summed E-state index contributed by atoms with van der Waals surface area (Å²) in [6.45, 7) is 3.15. The molecule has 0 unspecified atom stereocenters. The standard InChI is InChI=1S/C22H23N3O3/c1-3-28-19-9-5-4-8-18(19)24(2)21(26)15-11-12-16-17(14-15)23-20-10-6-7-13-25(20)22(16)27/h4-5,8-9,11-12,14H,3,6-7,10,13H2,1-2H3. The molecule has 2 aromatic carbocycles. The molecular weight excluding hydrogens is 354 g/mol. The summed E-state index contributed by atoms with van der Waals surface area (Å²) in [7, 11) is 1.72. The highest BCUT2D eigenvalue weighted by Crippen LogP contribution is 2.28. The molecule has 0 radical (unpaired) electrons. The van der Waals surface area contributed by atoms with Crippen LogP contribution in [-0.2, 0) is 13.0 Å². The predicted molar refractivity (Wildman–Crippen MR) is 109 cm³/mol. The van der Waals surface area contributed by atoms with Crippen molar-refractivity contribution in [3.05, 3.63) is 64.2 Å². The third kappa shape index (κ3) is 3.15. The SMILES string of the molecule is CCOc1ccccc1N(C)C(=O)c1ccc2c(=O)n3c(nc2c1)CCCC3. The van der Waals surface area contributed by atoms with Crippen molar-refractivity contribution in [3.63, 3.8) is 0 Å². The van der Waals surface area contributed by atoms with Gasteiger partial charge in [-0.2, -0.15) is 0 Å². The Hall–Kier alpha value is -3.15. The Labute approximate surface area is 163 Å². The Morgan fingerprint density at radius 1 is 1.21 bits per heavy atom. The normalized spacial score (nSPS) is 13.2. The highest BCUT2D eigenvalue weighted by atomic mass is 16.5. The molecule has 6 heteroatoms. The Morgan fingerprint density at radius 3 is 2.86 bits per heavy atom. The number of amides is 1. The molecule has 0 bridgehead atoms. The van der Waals surface area contributed by atoms with E-state index < -0.39 is 0 Å². The fourth-order valence-electron chi connectivity index (χ4n) is 3.69. The number of rotatable bonds is 4. The van der Waals surface area contributed by atoms with Crippen molar-refractivity contribution in [3.8, 4) is 5.75 Å². The van der Waals surface area contributed by atoms with Crippen LogP contribution in [0.4, 0.5) is 5.69 Å². The van der Waals surface area contributed by atoms with Crippen LogP contribution in [0, 0.1) is 0 Å². The van der Waals surface area contributed by atoms with Crippen LogP contribution in [0.3, 0.4) is 0 Å². The average Bonchev–Trinajstić information content (AvgIpc) is 2.73. The number of aromatic nitrogens is 2. The smallest absolute Gasteiger partial charge is 0.261 e. The molecule has 0 N–H and O–H groups in total. The first-order valence-corrected chi connectivity index (χ1v) is 9.63. The van der Waals surface area contributed by atoms with Crippen molar-refractivity contribution in [2.45, 2.75) is 32.7 Å². The molecule has 6 nitrogen and oxygen atoms in total. The molecule has 1 aliphatic heterocycles. The third-order valence-electron chi connectivity index (χ3n) is 5.14. The third-order valence-corrected chi connectivity index (χ3v) is 5.14. The molecule has 1 aliphatic rings. The van der Waals surface area contributed by atoms with Gasteiger partial charge in [0.05, 0.1) is 23.2 Å². The number of carbonyl (C=O) groups is 1. The van der Waals surface area contributed by atoms with Crippen molar-refractivity contribution < 1.29 is 9.53 Å². The van der Waals surface area contributed by atoms with Gasteiger partial charge in [0.1, 0.15) is 11.6 Å². The fourth-order valence-corrected chi connectivity index (χ4v) is 3.69. The number of aryl methyl sites for hydroxylation is 1. The lowest BCUT2D eigenvalue weighted by molar-refractivity contribution is 0.0992. The van der Waals surface area contributed by atoms with E-state index in [1.165, 1.54) is 0 Å². The van der Waals surface area contributed by atoms with Crippen LogP contribution in [0.1, 0.15) is 35.9 Å². The fraction of sp³-hybridized carbons (Fsp3) is 0.318. The summed E-state index contributed by atoms with van der Waals surface area (Å²) in [5.41, 5.74) is 1.76. The highest BCUT2D eigenvalue weighted by molar-refractivity contribution is 6.08. The van der Waals surface area contributed by atoms with Gasteiger partial charge in [0.15, 0.2) is 0 Å². The van der Waals surface area contributed by atoms with Crippen molar-refractivity contribution in [1.29, 1.82) is 0 Å². The maximum Gasteiger partial charge on any atom is 0.261 e. The number of hydrogen-bond acceptors (Lipinski definition) is 4. The van der Waals surface area contributed by atoms with Crippen molar-refractivity contribution in [2.24, 2.45) is 0 Å². The number of hydrogen-bond donors (Lipinski definition) is 0. The van der Waals surface area contributed by atoms with Gasteiger partial charge >= 0.3 is 0 Å². The maximum absolute atomic E-state index is 13.1. The largest absolute Gasteiger partial charge is 0.492 e. The van der Waals surface area contributed by atoms with Crippen molar-refractivity contribution in [1.82, 2.24) is 9.55 Å². The van der Waals surface area contributed by atoms with Crippen LogP contribution in [-0.4, -0.2) is 29.1 Å². The van der Waals surface area contributed by atoms with Gasteiger partial charge in [0.2, 0.25) is 0 Å². The number of fused-ring (bicyclic) bond motifs is 2. The number of nitrogens with zero attached hydrogens (tertiary/aromatic N) is 3. The van der Waals surface area contributed by atoms with Gasteiger partial charge in [0.25, 0.3) is 11.5 Å². The summed E-state index contributed by atoms with van der Waals surface area (Å²) in [4.78, 5) is 32.0. The van der Waals surface area contributed by atoms with Gasteiger partial charge in [-0.25, -0.2) is 4.98 Å². The van der Waals surface area contributed by atoms with E-state index in [4.69, 9.17) is 4.74 Å². The summed E-state index contributed by atoms with van der Waals surface area (Å²) < 4.78 is 7.40. The second-order valence-electron chi connectivity index (χ2n) is 6.94. The molecule has 0 saturated carbocycles. The molecule has 3 aromatic rings. The molecule has 0 fully saturated rings. The van der Waals surface area contributed by atoms with Gasteiger partial charge in [-0.3, -0.25) is 14.2 Å². The minimum absolute atomic E-state index is 0.0197. The lowest BCUT2D eigenvalue weighted by Gasteiger charge is -2.21. The number of benzene rings is 2. The second-order valence-corrected chi connectivity index (χ2v) is 6.94. The van der Waals surface area contributed by atoms with Crippen LogP contribution in [0.15, 0.2) is 47.3 Å². The number of carbonyl (C=O) groups excluding carboxylic acids is 1. The van der Waals surface area contributed by atoms with E-state index in [-0.39, 0.29) is 11.5 Å². The van der Waals surface area contributed by atoms with E-state index >= 15 is 0 Å². The average molecular weight is 377 g/mol. The summed E-state index contributed by atoms with van der Waals surface area (Å²) >= 11 is 0. The first-order chi connectivity index (χ1) is 13.6. The number of ether oxygens (including phenoxy) is 1. The first kappa shape index (κ1) is 18.2. The van der Waals surface area contributed by atoms with E-state index in [0.717, 1.165) is 31.6 Å². The summed E-state index contributed by atoms with van der Waals surface area (Å²) in [5, 5.41) is 0.555. The van der Waals surface area contributed by atoms with E-state index in [0.29, 0.717) is 34.5 Å². The molecule has 0 aliphatic carbocycles. The van der Waals surface area contributed by atoms with E-state index in [1.807, 2.05) is 31.2 Å². The van der Waals surface area contributed by atoms with E-state index in [2.05, 4.69) is 4.98 Å². The molecular formula is C22H23N3O3. The molecule has 0 saturated heterocycles. The Kier molecular flexibility index (Phi) is 4.86. The van der Waals surface area contributed by atoms with Crippen LogP contribution >= 0.6 is 0 Å². The summed E-state index contributed by atoms with van der Waals surface area (Å²) in [6.07, 6.45) is 2.83. The maximum atomic E-state index is 13.1. The van der Waals surface area contributed by atoms with Gasteiger partial charge in [0, 0.05) is 25.6 Å². The predicted octanol–water partition coefficient (Wildman–Crippen LogP) is 3.41. The molecule has 1 aromatic heterocycles. The molecule has 28 heavy (non-hydrogen) atoms. The topological polar surface area (TPSA) is 64.4 Å². The van der Waals surface area contributed by atoms with Crippen molar-refractivity contribution in [2.75, 3.05) is 18.6 Å². The monoisotopic (exact) mass is 377 g/mol. The molecule has 1 amide bonds. The zero-order valence-electron chi connectivity index (χ0n) is 16.1. The van der Waals surface area contributed by atoms with Gasteiger partial charge < -0.3 is 9.64 Å². The number of para-hydroxylation sites is 2. The molecule has 144 valence electrons. The molecule has 4 rings (SSSR count). The lowest BCUT2D eigenvalue weighted by atomic mass is 10.1. The quantitative estimate of drug-likeness (QED) is 0.699. The second kappa shape index (κ2) is 7.46. The van der Waals surface area contributed by atoms with Crippen molar-refractivity contribution >= 4 is 22.5 Å². The zero-order chi connectivity index (χ0) is 19.7. The van der Waals surface area contributed by atoms with Crippen LogP contribution in [0.5, 0.6) is 5.75 Å². The Bertz CT molecular complexity index is 1100. The van der Waals surface area contributed by atoms with E-state index in [1.54, 1.807) is 34.7 Å². The van der Waals surface area contributed by atoms with Crippen LogP contribution in [0.2, 0.25) is 0 Å². The Balaban J connectivity index is 1.73. The number of anilines is 1. The van der Waals surface area contributed by atoms with E-state index in [9.17, 15) is 9.59 Å². The van der Waals surface area contributed by atoms with Gasteiger partial charge in [-0.15, -0.1) is 0 Å². The van der Waals surface area contributed by atoms with Crippen LogP contribution in [0.25, 0.3) is 10.9 Å². The summed E-state index contributed by atoms with van der Waals surface area (Å²) in [5.74, 6) is 1.30. The summed E-state index contributed by atoms with van der Waals surface area (Å²) in [6, 6.07) is 12.6. The lowest BCUT2D eigenvalue weighted by Crippen LogP contribution is -2.29.